The number of carboxylic acids is 1. The number of rotatable bonds is 5. The minimum atomic E-state index is -1.06. The number of anilines is 1. The molecule has 0 radical (unpaired) electrons. The first kappa shape index (κ1) is 16.3. The summed E-state index contributed by atoms with van der Waals surface area (Å²) in [6.07, 6.45) is -0.919. The molecule has 0 spiro atoms. The molecule has 0 fully saturated rings. The Bertz CT molecular complexity index is 571. The molecule has 21 heavy (non-hydrogen) atoms. The molecule has 0 aromatic heterocycles. The van der Waals surface area contributed by atoms with Gasteiger partial charge in [-0.05, 0) is 37.1 Å². The number of hydrogen-bond acceptors (Lipinski definition) is 4. The van der Waals surface area contributed by atoms with Gasteiger partial charge >= 0.3 is 18.1 Å². The number of ether oxygens (including phenoxy) is 1. The van der Waals surface area contributed by atoms with E-state index in [2.05, 4.69) is 15.4 Å². The molecule has 1 aromatic rings. The molecule has 0 heterocycles. The molecule has 5 N–H and O–H groups in total. The van der Waals surface area contributed by atoms with Crippen molar-refractivity contribution in [1.82, 2.24) is 5.32 Å². The molecule has 8 nitrogen and oxygen atoms in total. The van der Waals surface area contributed by atoms with Crippen molar-refractivity contribution < 1.29 is 24.2 Å². The van der Waals surface area contributed by atoms with E-state index in [1.54, 1.807) is 19.9 Å². The Hall–Kier alpha value is -2.77. The van der Waals surface area contributed by atoms with E-state index in [0.29, 0.717) is 11.3 Å². The van der Waals surface area contributed by atoms with E-state index in [9.17, 15) is 14.4 Å². The Labute approximate surface area is 121 Å². The van der Waals surface area contributed by atoms with Gasteiger partial charge in [0.2, 0.25) is 0 Å². The average molecular weight is 295 g/mol. The Morgan fingerprint density at radius 3 is 2.52 bits per heavy atom. The lowest BCUT2D eigenvalue weighted by Crippen LogP contribution is -2.32. The fourth-order valence-corrected chi connectivity index (χ4v) is 1.65. The summed E-state index contributed by atoms with van der Waals surface area (Å²) in [4.78, 5) is 33.0. The fraction of sp³-hybridized carbons (Fsp3) is 0.308. The number of aromatic carboxylic acids is 1. The second-order valence-corrected chi connectivity index (χ2v) is 4.32. The third kappa shape index (κ3) is 5.01. The van der Waals surface area contributed by atoms with Gasteiger partial charge in [0.1, 0.15) is 6.61 Å². The van der Waals surface area contributed by atoms with Crippen molar-refractivity contribution in [2.24, 2.45) is 5.73 Å². The normalized spacial score (nSPS) is 9.81. The number of nitrogens with two attached hydrogens (primary N) is 1. The van der Waals surface area contributed by atoms with Crippen molar-refractivity contribution in [2.75, 3.05) is 18.5 Å². The van der Waals surface area contributed by atoms with Gasteiger partial charge in [0.05, 0.1) is 12.1 Å². The predicted octanol–water partition coefficient (Wildman–Crippen LogP) is 1.22. The molecule has 0 bridgehead atoms. The van der Waals surface area contributed by atoms with Crippen LogP contribution in [-0.4, -0.2) is 36.4 Å². The zero-order chi connectivity index (χ0) is 16.0. The zero-order valence-electron chi connectivity index (χ0n) is 11.7. The Balaban J connectivity index is 2.64. The van der Waals surface area contributed by atoms with Gasteiger partial charge in [-0.1, -0.05) is 0 Å². The van der Waals surface area contributed by atoms with Gasteiger partial charge in [-0.2, -0.15) is 0 Å². The van der Waals surface area contributed by atoms with E-state index in [0.717, 1.165) is 5.56 Å². The first-order valence-electron chi connectivity index (χ1n) is 6.13. The van der Waals surface area contributed by atoms with Crippen LogP contribution in [0.5, 0.6) is 0 Å². The zero-order valence-corrected chi connectivity index (χ0v) is 11.7. The molecular formula is C13H17N3O5. The van der Waals surface area contributed by atoms with Crippen LogP contribution in [0.4, 0.5) is 15.3 Å². The maximum Gasteiger partial charge on any atom is 0.404 e. The van der Waals surface area contributed by atoms with Crippen LogP contribution < -0.4 is 16.4 Å². The lowest BCUT2D eigenvalue weighted by Gasteiger charge is -2.11. The predicted molar refractivity (Wildman–Crippen MR) is 75.4 cm³/mol. The molecule has 1 aromatic carbocycles. The largest absolute Gasteiger partial charge is 0.478 e. The Kier molecular flexibility index (Phi) is 5.53. The molecule has 114 valence electrons. The number of aryl methyl sites for hydroxylation is 1. The fourth-order valence-electron chi connectivity index (χ4n) is 1.65. The molecule has 0 aliphatic carbocycles. The number of benzene rings is 1. The van der Waals surface area contributed by atoms with E-state index in [4.69, 9.17) is 10.8 Å². The molecule has 1 rings (SSSR count). The molecule has 0 aliphatic heterocycles. The molecule has 0 saturated heterocycles. The van der Waals surface area contributed by atoms with Gasteiger partial charge in [-0.25, -0.2) is 14.4 Å². The Morgan fingerprint density at radius 2 is 1.95 bits per heavy atom. The van der Waals surface area contributed by atoms with Crippen molar-refractivity contribution in [3.05, 3.63) is 28.8 Å². The summed E-state index contributed by atoms with van der Waals surface area (Å²) < 4.78 is 4.45. The van der Waals surface area contributed by atoms with Crippen LogP contribution in [-0.2, 0) is 4.74 Å². The van der Waals surface area contributed by atoms with Gasteiger partial charge in [0.15, 0.2) is 0 Å². The van der Waals surface area contributed by atoms with Crippen molar-refractivity contribution in [1.29, 1.82) is 0 Å². The van der Waals surface area contributed by atoms with Crippen molar-refractivity contribution in [3.63, 3.8) is 0 Å². The van der Waals surface area contributed by atoms with Crippen LogP contribution in [0.25, 0.3) is 0 Å². The maximum absolute atomic E-state index is 11.6. The van der Waals surface area contributed by atoms with Crippen LogP contribution in [0.1, 0.15) is 21.5 Å². The van der Waals surface area contributed by atoms with Crippen molar-refractivity contribution in [2.45, 2.75) is 13.8 Å². The molecule has 0 saturated carbocycles. The SMILES string of the molecule is Cc1cc(NC(=O)NCCOC(N)=O)cc(C(=O)O)c1C. The summed E-state index contributed by atoms with van der Waals surface area (Å²) in [7, 11) is 0. The van der Waals surface area contributed by atoms with Gasteiger partial charge in [0.25, 0.3) is 0 Å². The highest BCUT2D eigenvalue weighted by molar-refractivity contribution is 5.94. The van der Waals surface area contributed by atoms with E-state index in [1.165, 1.54) is 6.07 Å². The Morgan fingerprint density at radius 1 is 1.29 bits per heavy atom. The maximum atomic E-state index is 11.6. The average Bonchev–Trinajstić information content (AvgIpc) is 2.38. The lowest BCUT2D eigenvalue weighted by molar-refractivity contribution is 0.0696. The molecule has 0 aliphatic rings. The smallest absolute Gasteiger partial charge is 0.404 e. The van der Waals surface area contributed by atoms with Crippen LogP contribution in [0, 0.1) is 13.8 Å². The first-order chi connectivity index (χ1) is 9.81. The second kappa shape index (κ2) is 7.13. The van der Waals surface area contributed by atoms with Gasteiger partial charge in [-0.15, -0.1) is 0 Å². The van der Waals surface area contributed by atoms with Crippen LogP contribution >= 0.6 is 0 Å². The molecule has 0 atom stereocenters. The van der Waals surface area contributed by atoms with Crippen LogP contribution in [0.3, 0.4) is 0 Å². The number of carbonyl (C=O) groups is 3. The van der Waals surface area contributed by atoms with Gasteiger partial charge in [0, 0.05) is 5.69 Å². The third-order valence-electron chi connectivity index (χ3n) is 2.79. The summed E-state index contributed by atoms with van der Waals surface area (Å²) in [5.41, 5.74) is 6.65. The number of urea groups is 1. The number of amides is 3. The monoisotopic (exact) mass is 295 g/mol. The van der Waals surface area contributed by atoms with Gasteiger partial charge < -0.3 is 26.2 Å². The first-order valence-corrected chi connectivity index (χ1v) is 6.13. The van der Waals surface area contributed by atoms with Crippen molar-refractivity contribution in [3.8, 4) is 0 Å². The van der Waals surface area contributed by atoms with E-state index in [1.807, 2.05) is 0 Å². The van der Waals surface area contributed by atoms with Crippen LogP contribution in [0.2, 0.25) is 0 Å². The van der Waals surface area contributed by atoms with Gasteiger partial charge in [-0.3, -0.25) is 0 Å². The standard InChI is InChI=1S/C13H17N3O5/c1-7-5-9(6-10(8(7)2)11(17)18)16-13(20)15-3-4-21-12(14)19/h5-6H,3-4H2,1-2H3,(H2,14,19)(H,17,18)(H2,15,16,20). The molecule has 8 heteroatoms. The van der Waals surface area contributed by atoms with E-state index in [-0.39, 0.29) is 18.7 Å². The summed E-state index contributed by atoms with van der Waals surface area (Å²) in [6.45, 7) is 3.50. The third-order valence-corrected chi connectivity index (χ3v) is 2.79. The highest BCUT2D eigenvalue weighted by atomic mass is 16.5. The number of primary amides is 1. The molecule has 3 amide bonds. The quantitative estimate of drug-likeness (QED) is 0.606. The van der Waals surface area contributed by atoms with Crippen LogP contribution in [0.15, 0.2) is 12.1 Å². The lowest BCUT2D eigenvalue weighted by atomic mass is 10.0. The number of carboxylic acid groups (broad SMARTS) is 1. The minimum Gasteiger partial charge on any atom is -0.478 e. The highest BCUT2D eigenvalue weighted by Gasteiger charge is 2.12. The topological polar surface area (TPSA) is 131 Å². The summed E-state index contributed by atoms with van der Waals surface area (Å²) in [5, 5.41) is 14.0. The second-order valence-electron chi connectivity index (χ2n) is 4.32. The number of hydrogen-bond donors (Lipinski definition) is 4. The summed E-state index contributed by atoms with van der Waals surface area (Å²) >= 11 is 0. The minimum absolute atomic E-state index is 0.0456. The van der Waals surface area contributed by atoms with Crippen molar-refractivity contribution >= 4 is 23.8 Å². The van der Waals surface area contributed by atoms with E-state index >= 15 is 0 Å². The summed E-state index contributed by atoms with van der Waals surface area (Å²) in [6, 6.07) is 2.51. The molecule has 0 unspecified atom stereocenters. The van der Waals surface area contributed by atoms with E-state index < -0.39 is 18.1 Å². The summed E-state index contributed by atoms with van der Waals surface area (Å²) in [5.74, 6) is -1.06. The highest BCUT2D eigenvalue weighted by Crippen LogP contribution is 2.19. The number of nitrogens with one attached hydrogen (secondary N) is 2. The molecular weight excluding hydrogens is 278 g/mol. The number of carbonyl (C=O) groups excluding carboxylic acids is 2.